The maximum absolute atomic E-state index is 11.4. The third-order valence-electron chi connectivity index (χ3n) is 6.95. The molecular weight excluding hydrogens is 322 g/mol. The summed E-state index contributed by atoms with van der Waals surface area (Å²) in [4.78, 5) is 11.4. The molecule has 1 heterocycles. The molecule has 4 rings (SSSR count). The quantitative estimate of drug-likeness (QED) is 0.684. The van der Waals surface area contributed by atoms with Gasteiger partial charge >= 0.3 is 6.09 Å². The first-order chi connectivity index (χ1) is 12.7. The zero-order chi connectivity index (χ0) is 18.0. The lowest BCUT2D eigenvalue weighted by Gasteiger charge is -2.26. The minimum Gasteiger partial charge on any atom is -0.447 e. The van der Waals surface area contributed by atoms with Gasteiger partial charge in [-0.3, -0.25) is 0 Å². The van der Waals surface area contributed by atoms with Crippen molar-refractivity contribution in [2.24, 2.45) is 5.92 Å². The number of aryl methyl sites for hydroxylation is 1. The molecule has 0 bridgehead atoms. The van der Waals surface area contributed by atoms with Crippen LogP contribution in [0, 0.1) is 5.92 Å². The lowest BCUT2D eigenvalue weighted by molar-refractivity contribution is 0.172. The molecule has 1 amide bonds. The van der Waals surface area contributed by atoms with Crippen LogP contribution in [0.25, 0.3) is 0 Å². The number of ether oxygens (including phenoxy) is 1. The standard InChI is InChI=1S/C23H33NO2/c1-2-3-4-5-6-17-7-8-19-14-20(10-9-18(19)13-17)21-11-12-23(15-21)16-26-22(25)24-23/h9-10,14,17,21H,2-8,11-13,15-16H2,1H3,(H,24,25)/t17-,21+,23-/m1/s1. The second-order valence-corrected chi connectivity index (χ2v) is 8.91. The van der Waals surface area contributed by atoms with E-state index in [4.69, 9.17) is 4.74 Å². The van der Waals surface area contributed by atoms with Gasteiger partial charge in [0.1, 0.15) is 6.61 Å². The van der Waals surface area contributed by atoms with Crippen LogP contribution >= 0.6 is 0 Å². The fourth-order valence-corrected chi connectivity index (χ4v) is 5.36. The summed E-state index contributed by atoms with van der Waals surface area (Å²) in [7, 11) is 0. The van der Waals surface area contributed by atoms with Crippen molar-refractivity contribution in [2.75, 3.05) is 6.61 Å². The zero-order valence-electron chi connectivity index (χ0n) is 16.2. The molecule has 3 heteroatoms. The number of carbonyl (C=O) groups is 1. The van der Waals surface area contributed by atoms with Crippen molar-refractivity contribution < 1.29 is 9.53 Å². The Morgan fingerprint density at radius 2 is 2.12 bits per heavy atom. The van der Waals surface area contributed by atoms with Crippen molar-refractivity contribution in [2.45, 2.75) is 89.0 Å². The van der Waals surface area contributed by atoms with Gasteiger partial charge in [-0.15, -0.1) is 0 Å². The molecule has 0 aromatic heterocycles. The second kappa shape index (κ2) is 7.62. The van der Waals surface area contributed by atoms with E-state index in [1.165, 1.54) is 56.9 Å². The maximum atomic E-state index is 11.4. The Balaban J connectivity index is 1.36. The molecule has 1 saturated heterocycles. The molecule has 1 spiro atoms. The lowest BCUT2D eigenvalue weighted by Crippen LogP contribution is -2.40. The minimum absolute atomic E-state index is 0.0960. The van der Waals surface area contributed by atoms with Gasteiger partial charge in [0, 0.05) is 0 Å². The van der Waals surface area contributed by atoms with Gasteiger partial charge in [-0.05, 0) is 67.1 Å². The van der Waals surface area contributed by atoms with Crippen molar-refractivity contribution in [1.29, 1.82) is 0 Å². The van der Waals surface area contributed by atoms with Crippen LogP contribution in [0.1, 0.15) is 87.3 Å². The number of hydrogen-bond donors (Lipinski definition) is 1. The highest BCUT2D eigenvalue weighted by Crippen LogP contribution is 2.43. The lowest BCUT2D eigenvalue weighted by atomic mass is 9.79. The van der Waals surface area contributed by atoms with Crippen molar-refractivity contribution in [1.82, 2.24) is 5.32 Å². The predicted molar refractivity (Wildman–Crippen MR) is 105 cm³/mol. The number of nitrogens with one attached hydrogen (secondary N) is 1. The zero-order valence-corrected chi connectivity index (χ0v) is 16.2. The summed E-state index contributed by atoms with van der Waals surface area (Å²) in [5, 5.41) is 3.06. The largest absolute Gasteiger partial charge is 0.447 e. The molecule has 3 aliphatic rings. The predicted octanol–water partition coefficient (Wildman–Crippen LogP) is 5.51. The van der Waals surface area contributed by atoms with Gasteiger partial charge in [0.05, 0.1) is 5.54 Å². The number of carbonyl (C=O) groups excluding carboxylic acids is 1. The summed E-state index contributed by atoms with van der Waals surface area (Å²) in [6, 6.07) is 7.24. The highest BCUT2D eigenvalue weighted by Gasteiger charge is 2.46. The molecule has 1 aromatic carbocycles. The average Bonchev–Trinajstić information content (AvgIpc) is 3.24. The van der Waals surface area contributed by atoms with E-state index in [1.54, 1.807) is 11.1 Å². The summed E-state index contributed by atoms with van der Waals surface area (Å²) in [5.41, 5.74) is 4.55. The molecule has 3 atom stereocenters. The van der Waals surface area contributed by atoms with Gasteiger partial charge in [0.15, 0.2) is 0 Å². The number of unbranched alkanes of at least 4 members (excludes halogenated alkanes) is 3. The monoisotopic (exact) mass is 355 g/mol. The van der Waals surface area contributed by atoms with E-state index >= 15 is 0 Å². The van der Waals surface area contributed by atoms with Crippen molar-refractivity contribution in [3.63, 3.8) is 0 Å². The van der Waals surface area contributed by atoms with Crippen LogP contribution in [-0.4, -0.2) is 18.2 Å². The third kappa shape index (κ3) is 3.77. The van der Waals surface area contributed by atoms with E-state index in [9.17, 15) is 4.79 Å². The van der Waals surface area contributed by atoms with Gasteiger partial charge in [-0.1, -0.05) is 57.2 Å². The normalized spacial score (nSPS) is 30.3. The molecule has 2 fully saturated rings. The highest BCUT2D eigenvalue weighted by molar-refractivity contribution is 5.70. The Hall–Kier alpha value is -1.51. The summed E-state index contributed by atoms with van der Waals surface area (Å²) < 4.78 is 5.17. The molecule has 1 aliphatic heterocycles. The summed E-state index contributed by atoms with van der Waals surface area (Å²) in [6.45, 7) is 2.83. The van der Waals surface area contributed by atoms with Gasteiger partial charge in [0.2, 0.25) is 0 Å². The van der Waals surface area contributed by atoms with E-state index in [0.29, 0.717) is 12.5 Å². The third-order valence-corrected chi connectivity index (χ3v) is 6.95. The minimum atomic E-state index is -0.235. The first-order valence-corrected chi connectivity index (χ1v) is 10.7. The number of benzene rings is 1. The van der Waals surface area contributed by atoms with Crippen LogP contribution < -0.4 is 5.32 Å². The Kier molecular flexibility index (Phi) is 5.24. The van der Waals surface area contributed by atoms with Crippen molar-refractivity contribution in [3.05, 3.63) is 34.9 Å². The summed E-state index contributed by atoms with van der Waals surface area (Å²) >= 11 is 0. The number of cyclic esters (lactones) is 1. The highest BCUT2D eigenvalue weighted by atomic mass is 16.6. The molecule has 1 aromatic rings. The molecular formula is C23H33NO2. The molecule has 2 aliphatic carbocycles. The van der Waals surface area contributed by atoms with Crippen LogP contribution in [0.4, 0.5) is 4.79 Å². The Morgan fingerprint density at radius 1 is 1.19 bits per heavy atom. The Bertz CT molecular complexity index is 656. The number of amides is 1. The molecule has 0 radical (unpaired) electrons. The van der Waals surface area contributed by atoms with Crippen LogP contribution in [0.5, 0.6) is 0 Å². The van der Waals surface area contributed by atoms with Crippen LogP contribution in [0.2, 0.25) is 0 Å². The van der Waals surface area contributed by atoms with Gasteiger partial charge in [-0.25, -0.2) is 4.79 Å². The summed E-state index contributed by atoms with van der Waals surface area (Å²) in [5.74, 6) is 1.46. The molecule has 142 valence electrons. The molecule has 26 heavy (non-hydrogen) atoms. The molecule has 0 unspecified atom stereocenters. The molecule has 3 nitrogen and oxygen atoms in total. The number of fused-ring (bicyclic) bond motifs is 1. The number of hydrogen-bond acceptors (Lipinski definition) is 2. The van der Waals surface area contributed by atoms with E-state index in [1.807, 2.05) is 0 Å². The van der Waals surface area contributed by atoms with E-state index in [2.05, 4.69) is 30.4 Å². The Morgan fingerprint density at radius 3 is 2.92 bits per heavy atom. The van der Waals surface area contributed by atoms with E-state index in [-0.39, 0.29) is 11.6 Å². The van der Waals surface area contributed by atoms with Gasteiger partial charge in [-0.2, -0.15) is 0 Å². The molecule has 1 saturated carbocycles. The first-order valence-electron chi connectivity index (χ1n) is 10.7. The average molecular weight is 356 g/mol. The maximum Gasteiger partial charge on any atom is 0.407 e. The first kappa shape index (κ1) is 17.9. The van der Waals surface area contributed by atoms with Crippen molar-refractivity contribution in [3.8, 4) is 0 Å². The van der Waals surface area contributed by atoms with Gasteiger partial charge in [0.25, 0.3) is 0 Å². The SMILES string of the molecule is CCCCCC[C@@H]1CCc2cc([C@H]3CC[C@]4(COC(=O)N4)C3)ccc2C1. The summed E-state index contributed by atoms with van der Waals surface area (Å²) in [6.07, 6.45) is 13.8. The smallest absolute Gasteiger partial charge is 0.407 e. The van der Waals surface area contributed by atoms with Crippen LogP contribution in [-0.2, 0) is 17.6 Å². The fraction of sp³-hybridized carbons (Fsp3) is 0.696. The Labute approximate surface area is 157 Å². The van der Waals surface area contributed by atoms with Crippen molar-refractivity contribution >= 4 is 6.09 Å². The van der Waals surface area contributed by atoms with E-state index < -0.39 is 0 Å². The fourth-order valence-electron chi connectivity index (χ4n) is 5.36. The number of rotatable bonds is 6. The van der Waals surface area contributed by atoms with Crippen LogP contribution in [0.15, 0.2) is 18.2 Å². The molecule has 1 N–H and O–H groups in total. The number of alkyl carbamates (subject to hydrolysis) is 1. The van der Waals surface area contributed by atoms with Crippen LogP contribution in [0.3, 0.4) is 0 Å². The van der Waals surface area contributed by atoms with Gasteiger partial charge < -0.3 is 10.1 Å². The van der Waals surface area contributed by atoms with E-state index in [0.717, 1.165) is 25.2 Å². The second-order valence-electron chi connectivity index (χ2n) is 8.91. The topological polar surface area (TPSA) is 38.3 Å².